The number of fused-ring (bicyclic) bond motifs is 1. The topological polar surface area (TPSA) is 39.1 Å². The zero-order chi connectivity index (χ0) is 12.5. The number of piperidine rings is 1. The molecule has 1 aliphatic rings. The molecular formula is C13H16FN3O. The van der Waals surface area contributed by atoms with Crippen LogP contribution in [0.25, 0.3) is 10.9 Å². The summed E-state index contributed by atoms with van der Waals surface area (Å²) in [6, 6.07) is 5.74. The standard InChI is InChI=1S/C13H16FN3O/c1-17-12-3-2-10(6-9(12)7-16-17)18-13-4-5-15-8-11(13)14/h2-3,6-7,11,13,15H,4-5,8H2,1H3. The van der Waals surface area contributed by atoms with Crippen LogP contribution < -0.4 is 10.1 Å². The number of hydrogen-bond acceptors (Lipinski definition) is 3. The molecule has 96 valence electrons. The van der Waals surface area contributed by atoms with E-state index in [1.807, 2.05) is 29.9 Å². The van der Waals surface area contributed by atoms with E-state index in [0.29, 0.717) is 18.7 Å². The lowest BCUT2D eigenvalue weighted by molar-refractivity contribution is 0.0733. The average molecular weight is 249 g/mol. The van der Waals surface area contributed by atoms with E-state index in [4.69, 9.17) is 4.74 Å². The molecule has 2 unspecified atom stereocenters. The molecule has 0 saturated carbocycles. The van der Waals surface area contributed by atoms with Crippen molar-refractivity contribution in [2.75, 3.05) is 13.1 Å². The zero-order valence-electron chi connectivity index (χ0n) is 10.3. The van der Waals surface area contributed by atoms with E-state index in [1.54, 1.807) is 6.20 Å². The molecule has 1 aliphatic heterocycles. The lowest BCUT2D eigenvalue weighted by atomic mass is 10.1. The van der Waals surface area contributed by atoms with Crippen LogP contribution in [0.1, 0.15) is 6.42 Å². The summed E-state index contributed by atoms with van der Waals surface area (Å²) in [5.74, 6) is 0.713. The molecule has 1 aromatic carbocycles. The number of rotatable bonds is 2. The Kier molecular flexibility index (Phi) is 2.91. The van der Waals surface area contributed by atoms with Crippen LogP contribution in [0.5, 0.6) is 5.75 Å². The van der Waals surface area contributed by atoms with E-state index in [-0.39, 0.29) is 6.10 Å². The van der Waals surface area contributed by atoms with Crippen molar-refractivity contribution in [3.63, 3.8) is 0 Å². The van der Waals surface area contributed by atoms with Crippen molar-refractivity contribution in [2.24, 2.45) is 7.05 Å². The fraction of sp³-hybridized carbons (Fsp3) is 0.462. The highest BCUT2D eigenvalue weighted by Gasteiger charge is 2.26. The number of nitrogens with zero attached hydrogens (tertiary/aromatic N) is 2. The molecule has 3 rings (SSSR count). The summed E-state index contributed by atoms with van der Waals surface area (Å²) >= 11 is 0. The molecule has 2 heterocycles. The van der Waals surface area contributed by atoms with Gasteiger partial charge in [-0.1, -0.05) is 0 Å². The van der Waals surface area contributed by atoms with Gasteiger partial charge in [0.2, 0.25) is 0 Å². The molecule has 1 N–H and O–H groups in total. The second-order valence-corrected chi connectivity index (χ2v) is 4.65. The summed E-state index contributed by atoms with van der Waals surface area (Å²) in [6.45, 7) is 1.18. The Bertz CT molecular complexity index is 554. The molecule has 1 fully saturated rings. The van der Waals surface area contributed by atoms with Crippen molar-refractivity contribution >= 4 is 10.9 Å². The lowest BCUT2D eigenvalue weighted by Gasteiger charge is -2.27. The quantitative estimate of drug-likeness (QED) is 0.879. The van der Waals surface area contributed by atoms with Crippen molar-refractivity contribution in [3.8, 4) is 5.75 Å². The molecule has 0 spiro atoms. The largest absolute Gasteiger partial charge is 0.487 e. The molecular weight excluding hydrogens is 233 g/mol. The Balaban J connectivity index is 1.81. The summed E-state index contributed by atoms with van der Waals surface area (Å²) in [7, 11) is 1.90. The van der Waals surface area contributed by atoms with Crippen molar-refractivity contribution in [1.82, 2.24) is 15.1 Å². The monoisotopic (exact) mass is 249 g/mol. The van der Waals surface area contributed by atoms with E-state index in [9.17, 15) is 4.39 Å². The molecule has 1 saturated heterocycles. The molecule has 18 heavy (non-hydrogen) atoms. The number of halogens is 1. The van der Waals surface area contributed by atoms with Gasteiger partial charge in [0.25, 0.3) is 0 Å². The van der Waals surface area contributed by atoms with Crippen molar-refractivity contribution in [3.05, 3.63) is 24.4 Å². The highest BCUT2D eigenvalue weighted by atomic mass is 19.1. The number of benzene rings is 1. The van der Waals surface area contributed by atoms with Crippen molar-refractivity contribution in [1.29, 1.82) is 0 Å². The van der Waals surface area contributed by atoms with Crippen LogP contribution in [-0.4, -0.2) is 35.1 Å². The van der Waals surface area contributed by atoms with E-state index < -0.39 is 6.17 Å². The van der Waals surface area contributed by atoms with Gasteiger partial charge in [0.05, 0.1) is 11.7 Å². The Morgan fingerprint density at radius 1 is 1.50 bits per heavy atom. The van der Waals surface area contributed by atoms with Gasteiger partial charge in [0, 0.05) is 19.0 Å². The summed E-state index contributed by atoms with van der Waals surface area (Å²) < 4.78 is 21.2. The third kappa shape index (κ3) is 2.06. The maximum atomic E-state index is 13.6. The first-order valence-corrected chi connectivity index (χ1v) is 6.17. The highest BCUT2D eigenvalue weighted by Crippen LogP contribution is 2.23. The number of aromatic nitrogens is 2. The minimum Gasteiger partial charge on any atom is -0.487 e. The zero-order valence-corrected chi connectivity index (χ0v) is 10.3. The molecule has 1 aromatic heterocycles. The first-order chi connectivity index (χ1) is 8.74. The second kappa shape index (κ2) is 4.57. The summed E-state index contributed by atoms with van der Waals surface area (Å²) in [4.78, 5) is 0. The molecule has 2 aromatic rings. The third-order valence-corrected chi connectivity index (χ3v) is 3.35. The van der Waals surface area contributed by atoms with Gasteiger partial charge < -0.3 is 10.1 Å². The van der Waals surface area contributed by atoms with Crippen LogP contribution in [0, 0.1) is 0 Å². The Hall–Kier alpha value is -1.62. The molecule has 0 radical (unpaired) electrons. The highest BCUT2D eigenvalue weighted by molar-refractivity contribution is 5.80. The minimum absolute atomic E-state index is 0.347. The van der Waals surface area contributed by atoms with Gasteiger partial charge in [-0.05, 0) is 31.2 Å². The van der Waals surface area contributed by atoms with Gasteiger partial charge in [-0.3, -0.25) is 4.68 Å². The maximum Gasteiger partial charge on any atom is 0.149 e. The molecule has 4 nitrogen and oxygen atoms in total. The van der Waals surface area contributed by atoms with E-state index >= 15 is 0 Å². The van der Waals surface area contributed by atoms with Crippen LogP contribution in [0.2, 0.25) is 0 Å². The molecule has 0 aliphatic carbocycles. The molecule has 5 heteroatoms. The van der Waals surface area contributed by atoms with E-state index in [0.717, 1.165) is 17.4 Å². The van der Waals surface area contributed by atoms with Gasteiger partial charge in [0.15, 0.2) is 0 Å². The number of hydrogen-bond donors (Lipinski definition) is 1. The predicted molar refractivity (Wildman–Crippen MR) is 67.5 cm³/mol. The third-order valence-electron chi connectivity index (χ3n) is 3.35. The van der Waals surface area contributed by atoms with Crippen LogP contribution in [0.4, 0.5) is 4.39 Å². The first kappa shape index (κ1) is 11.5. The van der Waals surface area contributed by atoms with Gasteiger partial charge in [-0.15, -0.1) is 0 Å². The summed E-state index contributed by atoms with van der Waals surface area (Å²) in [5.41, 5.74) is 1.05. The molecule has 0 amide bonds. The number of ether oxygens (including phenoxy) is 1. The number of aryl methyl sites for hydroxylation is 1. The Labute approximate surface area is 105 Å². The van der Waals surface area contributed by atoms with Crippen LogP contribution in [0.15, 0.2) is 24.4 Å². The van der Waals surface area contributed by atoms with Crippen molar-refractivity contribution in [2.45, 2.75) is 18.7 Å². The SMILES string of the molecule is Cn1ncc2cc(OC3CCNCC3F)ccc21. The second-order valence-electron chi connectivity index (χ2n) is 4.65. The smallest absolute Gasteiger partial charge is 0.149 e. The normalized spacial score (nSPS) is 24.3. The van der Waals surface area contributed by atoms with Gasteiger partial charge in [-0.25, -0.2) is 4.39 Å². The van der Waals surface area contributed by atoms with Crippen LogP contribution in [-0.2, 0) is 7.05 Å². The first-order valence-electron chi connectivity index (χ1n) is 6.17. The lowest BCUT2D eigenvalue weighted by Crippen LogP contribution is -2.44. The van der Waals surface area contributed by atoms with Gasteiger partial charge >= 0.3 is 0 Å². The van der Waals surface area contributed by atoms with Gasteiger partial charge in [-0.2, -0.15) is 5.10 Å². The fourth-order valence-corrected chi connectivity index (χ4v) is 2.32. The Morgan fingerprint density at radius 2 is 2.39 bits per heavy atom. The minimum atomic E-state index is -0.941. The van der Waals surface area contributed by atoms with Gasteiger partial charge in [0.1, 0.15) is 18.0 Å². The fourth-order valence-electron chi connectivity index (χ4n) is 2.32. The summed E-state index contributed by atoms with van der Waals surface area (Å²) in [6.07, 6.45) is 1.20. The number of nitrogens with one attached hydrogen (secondary N) is 1. The number of alkyl halides is 1. The summed E-state index contributed by atoms with van der Waals surface area (Å²) in [5, 5.41) is 8.20. The van der Waals surface area contributed by atoms with Crippen molar-refractivity contribution < 1.29 is 9.13 Å². The molecule has 0 bridgehead atoms. The van der Waals surface area contributed by atoms with E-state index in [2.05, 4.69) is 10.4 Å². The molecule has 2 atom stereocenters. The van der Waals surface area contributed by atoms with E-state index in [1.165, 1.54) is 0 Å². The van der Waals surface area contributed by atoms with Crippen LogP contribution in [0.3, 0.4) is 0 Å². The maximum absolute atomic E-state index is 13.6. The van der Waals surface area contributed by atoms with Crippen LogP contribution >= 0.6 is 0 Å². The Morgan fingerprint density at radius 3 is 3.22 bits per heavy atom. The average Bonchev–Trinajstić information content (AvgIpc) is 2.74. The predicted octanol–water partition coefficient (Wildman–Crippen LogP) is 1.65.